The van der Waals surface area contributed by atoms with Gasteiger partial charge in [-0.15, -0.1) is 0 Å². The first-order valence-corrected chi connectivity index (χ1v) is 7.65. The zero-order valence-corrected chi connectivity index (χ0v) is 10.9. The molecule has 1 fully saturated rings. The lowest BCUT2D eigenvalue weighted by Crippen LogP contribution is -2.32. The Morgan fingerprint density at radius 2 is 2.00 bits per heavy atom. The van der Waals surface area contributed by atoms with Gasteiger partial charge in [0.15, 0.2) is 0 Å². The second-order valence-corrected chi connectivity index (χ2v) is 7.19. The predicted octanol–water partition coefficient (Wildman–Crippen LogP) is 1.59. The van der Waals surface area contributed by atoms with E-state index < -0.39 is 9.84 Å². The Labute approximate surface area is 93.6 Å². The van der Waals surface area contributed by atoms with Gasteiger partial charge >= 0.3 is 0 Å². The third kappa shape index (κ3) is 3.45. The third-order valence-corrected chi connectivity index (χ3v) is 5.60. The van der Waals surface area contributed by atoms with E-state index in [2.05, 4.69) is 12.2 Å². The van der Waals surface area contributed by atoms with Crippen molar-refractivity contribution in [3.63, 3.8) is 0 Å². The van der Waals surface area contributed by atoms with Crippen LogP contribution in [-0.2, 0) is 9.84 Å². The van der Waals surface area contributed by atoms with Crippen LogP contribution in [0.2, 0.25) is 0 Å². The summed E-state index contributed by atoms with van der Waals surface area (Å²) in [5.41, 5.74) is 0.401. The number of hydrogen-bond donors (Lipinski definition) is 1. The minimum atomic E-state index is -2.77. The first-order valence-electron chi connectivity index (χ1n) is 5.83. The Balaban J connectivity index is 2.32. The van der Waals surface area contributed by atoms with Gasteiger partial charge in [0.05, 0.1) is 5.75 Å². The van der Waals surface area contributed by atoms with Crippen LogP contribution in [0.4, 0.5) is 0 Å². The first kappa shape index (κ1) is 13.0. The Morgan fingerprint density at radius 1 is 1.40 bits per heavy atom. The number of nitrogens with one attached hydrogen (secondary N) is 1. The number of rotatable bonds is 7. The molecular weight excluding hydrogens is 210 g/mol. The predicted molar refractivity (Wildman–Crippen MR) is 63.8 cm³/mol. The van der Waals surface area contributed by atoms with E-state index in [0.717, 1.165) is 12.8 Å². The van der Waals surface area contributed by atoms with Gasteiger partial charge in [-0.3, -0.25) is 0 Å². The molecule has 1 rings (SSSR count). The summed E-state index contributed by atoms with van der Waals surface area (Å²) in [7, 11) is -0.787. The fourth-order valence-corrected chi connectivity index (χ4v) is 3.03. The monoisotopic (exact) mass is 233 g/mol. The average molecular weight is 233 g/mol. The summed E-state index contributed by atoms with van der Waals surface area (Å²) >= 11 is 0. The van der Waals surface area contributed by atoms with Gasteiger partial charge in [0.25, 0.3) is 0 Å². The van der Waals surface area contributed by atoms with Gasteiger partial charge in [-0.25, -0.2) is 8.42 Å². The number of hydrogen-bond acceptors (Lipinski definition) is 3. The maximum Gasteiger partial charge on any atom is 0.150 e. The molecule has 1 unspecified atom stereocenters. The molecule has 1 atom stereocenters. The van der Waals surface area contributed by atoms with Crippen molar-refractivity contribution in [2.45, 2.75) is 45.6 Å². The molecule has 0 spiro atoms. The molecule has 3 nitrogen and oxygen atoms in total. The van der Waals surface area contributed by atoms with Crippen molar-refractivity contribution in [1.29, 1.82) is 0 Å². The Kier molecular flexibility index (Phi) is 4.18. The van der Waals surface area contributed by atoms with Crippen molar-refractivity contribution in [2.75, 3.05) is 18.6 Å². The van der Waals surface area contributed by atoms with E-state index in [1.54, 1.807) is 6.92 Å². The molecule has 1 aliphatic carbocycles. The van der Waals surface area contributed by atoms with E-state index in [9.17, 15) is 8.42 Å². The van der Waals surface area contributed by atoms with Gasteiger partial charge in [-0.1, -0.05) is 6.92 Å². The van der Waals surface area contributed by atoms with Gasteiger partial charge in [-0.05, 0) is 45.1 Å². The first-order chi connectivity index (χ1) is 6.96. The lowest BCUT2D eigenvalue weighted by atomic mass is 9.93. The van der Waals surface area contributed by atoms with Crippen LogP contribution in [-0.4, -0.2) is 33.0 Å². The lowest BCUT2D eigenvalue weighted by molar-refractivity contribution is 0.344. The van der Waals surface area contributed by atoms with Crippen LogP contribution in [0.3, 0.4) is 0 Å². The van der Waals surface area contributed by atoms with Crippen LogP contribution in [0.5, 0.6) is 0 Å². The Bertz CT molecular complexity index is 294. The normalized spacial score (nSPS) is 21.3. The molecule has 0 amide bonds. The van der Waals surface area contributed by atoms with Crippen LogP contribution >= 0.6 is 0 Å². The van der Waals surface area contributed by atoms with Gasteiger partial charge < -0.3 is 5.32 Å². The molecule has 0 heterocycles. The molecule has 4 heteroatoms. The minimum Gasteiger partial charge on any atom is -0.317 e. The molecule has 1 saturated carbocycles. The van der Waals surface area contributed by atoms with Crippen molar-refractivity contribution in [3.8, 4) is 0 Å². The molecule has 0 aliphatic heterocycles. The largest absolute Gasteiger partial charge is 0.317 e. The zero-order chi connectivity index (χ0) is 11.5. The molecule has 15 heavy (non-hydrogen) atoms. The fourth-order valence-electron chi connectivity index (χ4n) is 2.15. The molecule has 0 aromatic rings. The van der Waals surface area contributed by atoms with E-state index in [-0.39, 0.29) is 5.75 Å². The summed E-state index contributed by atoms with van der Waals surface area (Å²) in [6.45, 7) is 3.92. The average Bonchev–Trinajstić information content (AvgIpc) is 2.98. The summed E-state index contributed by atoms with van der Waals surface area (Å²) in [6.07, 6.45) is 4.37. The molecule has 0 saturated heterocycles. The summed E-state index contributed by atoms with van der Waals surface area (Å²) in [4.78, 5) is 0. The highest BCUT2D eigenvalue weighted by atomic mass is 32.2. The van der Waals surface area contributed by atoms with Crippen molar-refractivity contribution in [2.24, 2.45) is 5.41 Å². The fraction of sp³-hybridized carbons (Fsp3) is 1.00. The Hall–Kier alpha value is -0.0900. The summed E-state index contributed by atoms with van der Waals surface area (Å²) in [5.74, 6) is 0.642. The van der Waals surface area contributed by atoms with Gasteiger partial charge in [0.1, 0.15) is 9.84 Å². The molecule has 1 N–H and O–H groups in total. The van der Waals surface area contributed by atoms with E-state index in [1.165, 1.54) is 12.8 Å². The van der Waals surface area contributed by atoms with Crippen molar-refractivity contribution >= 4 is 9.84 Å². The SMILES string of the molecule is CCS(=O)(=O)CCCC1(C(C)NC)CC1. The summed E-state index contributed by atoms with van der Waals surface area (Å²) < 4.78 is 22.7. The molecule has 90 valence electrons. The van der Waals surface area contributed by atoms with E-state index in [4.69, 9.17) is 0 Å². The Morgan fingerprint density at radius 3 is 2.40 bits per heavy atom. The highest BCUT2D eigenvalue weighted by Crippen LogP contribution is 2.52. The molecular formula is C11H23NO2S. The summed E-state index contributed by atoms with van der Waals surface area (Å²) in [5, 5.41) is 3.28. The van der Waals surface area contributed by atoms with Crippen LogP contribution in [0.15, 0.2) is 0 Å². The molecule has 0 aromatic carbocycles. The lowest BCUT2D eigenvalue weighted by Gasteiger charge is -2.22. The zero-order valence-electron chi connectivity index (χ0n) is 10.0. The standard InChI is InChI=1S/C11H23NO2S/c1-4-15(13,14)9-5-6-11(7-8-11)10(2)12-3/h10,12H,4-9H2,1-3H3. The van der Waals surface area contributed by atoms with E-state index in [0.29, 0.717) is 17.2 Å². The van der Waals surface area contributed by atoms with Crippen LogP contribution in [0, 0.1) is 5.41 Å². The maximum atomic E-state index is 11.3. The second kappa shape index (κ2) is 4.83. The maximum absolute atomic E-state index is 11.3. The highest BCUT2D eigenvalue weighted by Gasteiger charge is 2.45. The van der Waals surface area contributed by atoms with E-state index >= 15 is 0 Å². The number of sulfone groups is 1. The molecule has 0 bridgehead atoms. The highest BCUT2D eigenvalue weighted by molar-refractivity contribution is 7.91. The second-order valence-electron chi connectivity index (χ2n) is 4.71. The molecule has 0 radical (unpaired) electrons. The summed E-state index contributed by atoms with van der Waals surface area (Å²) in [6, 6.07) is 0.516. The molecule has 1 aliphatic rings. The van der Waals surface area contributed by atoms with Crippen LogP contribution < -0.4 is 5.32 Å². The smallest absolute Gasteiger partial charge is 0.150 e. The molecule has 0 aromatic heterocycles. The van der Waals surface area contributed by atoms with Gasteiger partial charge in [-0.2, -0.15) is 0 Å². The minimum absolute atomic E-state index is 0.279. The topological polar surface area (TPSA) is 46.2 Å². The van der Waals surface area contributed by atoms with Crippen molar-refractivity contribution in [3.05, 3.63) is 0 Å². The van der Waals surface area contributed by atoms with Crippen LogP contribution in [0.1, 0.15) is 39.5 Å². The van der Waals surface area contributed by atoms with Crippen molar-refractivity contribution < 1.29 is 8.42 Å². The quantitative estimate of drug-likeness (QED) is 0.726. The van der Waals surface area contributed by atoms with Crippen LogP contribution in [0.25, 0.3) is 0 Å². The van der Waals surface area contributed by atoms with Gasteiger partial charge in [0, 0.05) is 11.8 Å². The van der Waals surface area contributed by atoms with E-state index in [1.807, 2.05) is 7.05 Å². The third-order valence-electron chi connectivity index (χ3n) is 3.81. The van der Waals surface area contributed by atoms with Gasteiger partial charge in [0.2, 0.25) is 0 Å². The van der Waals surface area contributed by atoms with Crippen molar-refractivity contribution in [1.82, 2.24) is 5.32 Å².